The summed E-state index contributed by atoms with van der Waals surface area (Å²) in [5.74, 6) is 3.97. The summed E-state index contributed by atoms with van der Waals surface area (Å²) in [5.41, 5.74) is 0. The normalized spacial score (nSPS) is 29.9. The highest BCUT2D eigenvalue weighted by atomic mass is 32.2. The molecule has 0 radical (unpaired) electrons. The number of carbonyl (C=O) groups is 1. The molecule has 0 aromatic heterocycles. The van der Waals surface area contributed by atoms with Crippen LogP contribution in [0.2, 0.25) is 0 Å². The van der Waals surface area contributed by atoms with Crippen LogP contribution in [0.4, 0.5) is 0 Å². The van der Waals surface area contributed by atoms with Crippen molar-refractivity contribution >= 4 is 21.6 Å². The zero-order valence-electron chi connectivity index (χ0n) is 7.49. The van der Waals surface area contributed by atoms with E-state index in [0.717, 1.165) is 12.8 Å². The average molecular weight is 222 g/mol. The van der Waals surface area contributed by atoms with Gasteiger partial charge in [0.1, 0.15) is 0 Å². The van der Waals surface area contributed by atoms with Gasteiger partial charge in [0.2, 0.25) is 0 Å². The van der Waals surface area contributed by atoms with Crippen molar-refractivity contribution in [1.29, 1.82) is 0 Å². The molecule has 2 saturated heterocycles. The predicted octanol–water partition coefficient (Wildman–Crippen LogP) is 0.998. The molecule has 1 atom stereocenters. The van der Waals surface area contributed by atoms with Gasteiger partial charge in [-0.2, -0.15) is 0 Å². The van der Waals surface area contributed by atoms with E-state index in [4.69, 9.17) is 4.18 Å². The van der Waals surface area contributed by atoms with Gasteiger partial charge in [0.05, 0.1) is 23.0 Å². The van der Waals surface area contributed by atoms with Crippen LogP contribution in [0.3, 0.4) is 0 Å². The zero-order chi connectivity index (χ0) is 9.73. The number of ether oxygens (including phenoxy) is 1. The molecule has 0 amide bonds. The summed E-state index contributed by atoms with van der Waals surface area (Å²) in [4.78, 5) is 10.0. The van der Waals surface area contributed by atoms with Crippen molar-refractivity contribution in [2.75, 3.05) is 19.0 Å². The van der Waals surface area contributed by atoms with E-state index in [9.17, 15) is 9.00 Å². The first-order chi connectivity index (χ1) is 6.10. The molecule has 0 aromatic carbocycles. The maximum Gasteiger partial charge on any atom is 0.305 e. The van der Waals surface area contributed by atoms with Gasteiger partial charge < -0.3 is 4.74 Å². The monoisotopic (exact) mass is 222 g/mol. The van der Waals surface area contributed by atoms with Crippen LogP contribution in [-0.2, 0) is 23.5 Å². The van der Waals surface area contributed by atoms with Crippen LogP contribution < -0.4 is 0 Å². The van der Waals surface area contributed by atoms with Crippen LogP contribution in [0.5, 0.6) is 0 Å². The lowest BCUT2D eigenvalue weighted by molar-refractivity contribution is -0.137. The Morgan fingerprint density at radius 1 is 1.29 bits per heavy atom. The fourth-order valence-electron chi connectivity index (χ4n) is 1.02. The van der Waals surface area contributed by atoms with Crippen molar-refractivity contribution in [3.63, 3.8) is 0 Å². The van der Waals surface area contributed by atoms with Crippen molar-refractivity contribution in [3.05, 3.63) is 0 Å². The molecule has 0 spiro atoms. The van der Waals surface area contributed by atoms with Crippen molar-refractivity contribution in [2.24, 2.45) is 0 Å². The number of hydrogen-bond acceptors (Lipinski definition) is 4. The van der Waals surface area contributed by atoms with Crippen molar-refractivity contribution < 1.29 is 17.9 Å². The summed E-state index contributed by atoms with van der Waals surface area (Å²) in [5, 5.41) is 0. The topological polar surface area (TPSA) is 52.6 Å². The molecule has 0 saturated carbocycles. The third kappa shape index (κ3) is 5.24. The number of cyclic esters (lactones) is 1. The molecule has 4 nitrogen and oxygen atoms in total. The molecule has 2 rings (SSSR count). The Labute approximate surface area is 85.8 Å². The molecule has 0 aliphatic carbocycles. The van der Waals surface area contributed by atoms with Gasteiger partial charge in [0, 0.05) is 12.2 Å². The van der Waals surface area contributed by atoms with E-state index in [0.29, 0.717) is 25.4 Å². The summed E-state index contributed by atoms with van der Waals surface area (Å²) in [6.45, 7) is 1.27. The minimum atomic E-state index is -2.05. The molecule has 0 bridgehead atoms. The second-order valence-electron chi connectivity index (χ2n) is 2.95. The van der Waals surface area contributed by atoms with Gasteiger partial charge in [-0.3, -0.25) is 8.98 Å². The largest absolute Gasteiger partial charge is 0.466 e. The lowest BCUT2D eigenvalue weighted by Crippen LogP contribution is -1.96. The number of esters is 1. The molecule has 2 fully saturated rings. The zero-order valence-corrected chi connectivity index (χ0v) is 8.31. The maximum atomic E-state index is 10.7. The highest BCUT2D eigenvalue weighted by Crippen LogP contribution is 2.05. The second kappa shape index (κ2) is 6.03. The molecule has 5 heteroatoms. The van der Waals surface area contributed by atoms with Gasteiger partial charge >= 0.3 is 5.97 Å². The average Bonchev–Trinajstić information content (AvgIpc) is 2.62. The SMILES string of the molecule is C.C=S1(=O)CCCO1.O=C1CCCO1. The van der Waals surface area contributed by atoms with E-state index in [-0.39, 0.29) is 13.4 Å². The van der Waals surface area contributed by atoms with Gasteiger partial charge in [-0.05, 0) is 18.7 Å². The third-order valence-electron chi connectivity index (χ3n) is 1.69. The highest BCUT2D eigenvalue weighted by Gasteiger charge is 2.10. The van der Waals surface area contributed by atoms with Crippen LogP contribution in [0, 0.1) is 0 Å². The number of rotatable bonds is 0. The smallest absolute Gasteiger partial charge is 0.305 e. The van der Waals surface area contributed by atoms with E-state index < -0.39 is 9.80 Å². The van der Waals surface area contributed by atoms with E-state index in [1.165, 1.54) is 0 Å². The van der Waals surface area contributed by atoms with E-state index >= 15 is 0 Å². The Morgan fingerprint density at radius 3 is 2.14 bits per heavy atom. The van der Waals surface area contributed by atoms with Crippen molar-refractivity contribution in [3.8, 4) is 0 Å². The molecule has 0 N–H and O–H groups in total. The molecule has 84 valence electrons. The Hall–Kier alpha value is -0.550. The highest BCUT2D eigenvalue weighted by molar-refractivity contribution is 7.96. The third-order valence-corrected chi connectivity index (χ3v) is 3.19. The Morgan fingerprint density at radius 2 is 2.00 bits per heavy atom. The van der Waals surface area contributed by atoms with Gasteiger partial charge in [-0.15, -0.1) is 0 Å². The van der Waals surface area contributed by atoms with Crippen LogP contribution in [-0.4, -0.2) is 35.0 Å². The van der Waals surface area contributed by atoms with E-state index in [1.54, 1.807) is 0 Å². The molecule has 2 heterocycles. The van der Waals surface area contributed by atoms with Crippen LogP contribution in [0.25, 0.3) is 0 Å². The van der Waals surface area contributed by atoms with Crippen LogP contribution >= 0.6 is 0 Å². The summed E-state index contributed by atoms with van der Waals surface area (Å²) < 4.78 is 19.9. The van der Waals surface area contributed by atoms with Gasteiger partial charge in [-0.25, -0.2) is 4.21 Å². The first-order valence-corrected chi connectivity index (χ1v) is 6.07. The molecule has 2 aliphatic heterocycles. The van der Waals surface area contributed by atoms with E-state index in [1.807, 2.05) is 0 Å². The quantitative estimate of drug-likeness (QED) is 0.453. The second-order valence-corrected chi connectivity index (χ2v) is 5.08. The Bertz CT molecular complexity index is 249. The van der Waals surface area contributed by atoms with Gasteiger partial charge in [0.25, 0.3) is 0 Å². The summed E-state index contributed by atoms with van der Waals surface area (Å²) in [6, 6.07) is 0. The Balaban J connectivity index is 0.000000227. The lowest BCUT2D eigenvalue weighted by atomic mass is 10.4. The van der Waals surface area contributed by atoms with Gasteiger partial charge in [0.15, 0.2) is 0 Å². The standard InChI is InChI=1S/C4H8O2S.C4H6O2.CH4/c1-7(5)4-2-3-6-7;5-4-2-1-3-6-4;/h1-4H2;1-3H2;1H4. The minimum absolute atomic E-state index is 0. The Kier molecular flexibility index (Phi) is 5.79. The van der Waals surface area contributed by atoms with Crippen LogP contribution in [0.15, 0.2) is 0 Å². The molecule has 2 aliphatic rings. The molecular formula is C9H18O4S. The molecule has 0 aromatic rings. The van der Waals surface area contributed by atoms with Crippen molar-refractivity contribution in [2.45, 2.75) is 26.7 Å². The van der Waals surface area contributed by atoms with Crippen molar-refractivity contribution in [1.82, 2.24) is 0 Å². The minimum Gasteiger partial charge on any atom is -0.466 e. The fraction of sp³-hybridized carbons (Fsp3) is 0.778. The van der Waals surface area contributed by atoms with E-state index in [2.05, 4.69) is 10.6 Å². The predicted molar refractivity (Wildman–Crippen MR) is 57.6 cm³/mol. The van der Waals surface area contributed by atoms with Crippen LogP contribution in [0.1, 0.15) is 26.7 Å². The fourth-order valence-corrected chi connectivity index (χ4v) is 2.12. The number of hydrogen-bond donors (Lipinski definition) is 0. The summed E-state index contributed by atoms with van der Waals surface area (Å²) in [6.07, 6.45) is 2.45. The molecule has 1 unspecified atom stereocenters. The first-order valence-electron chi connectivity index (χ1n) is 4.25. The first kappa shape index (κ1) is 13.4. The summed E-state index contributed by atoms with van der Waals surface area (Å²) in [7, 11) is -2.05. The lowest BCUT2D eigenvalue weighted by Gasteiger charge is -1.91. The van der Waals surface area contributed by atoms with Gasteiger partial charge in [-0.1, -0.05) is 7.43 Å². The number of carbonyl (C=O) groups excluding carboxylic acids is 1. The molecular weight excluding hydrogens is 204 g/mol. The maximum absolute atomic E-state index is 10.7. The summed E-state index contributed by atoms with van der Waals surface area (Å²) >= 11 is 0. The molecule has 14 heavy (non-hydrogen) atoms.